The Morgan fingerprint density at radius 1 is 1.56 bits per heavy atom. The summed E-state index contributed by atoms with van der Waals surface area (Å²) in [5.74, 6) is 1.63. The van der Waals surface area contributed by atoms with Crippen LogP contribution in [0, 0.1) is 0 Å². The molecule has 1 atom stereocenters. The van der Waals surface area contributed by atoms with E-state index in [4.69, 9.17) is 4.74 Å². The van der Waals surface area contributed by atoms with E-state index < -0.39 is 6.10 Å². The molecule has 1 unspecified atom stereocenters. The zero-order chi connectivity index (χ0) is 12.0. The molecule has 0 spiro atoms. The third-order valence-corrected chi connectivity index (χ3v) is 2.23. The van der Waals surface area contributed by atoms with Crippen molar-refractivity contribution < 1.29 is 9.84 Å². The molecule has 0 aromatic carbocycles. The highest BCUT2D eigenvalue weighted by molar-refractivity contribution is 5.46. The van der Waals surface area contributed by atoms with Gasteiger partial charge in [-0.3, -0.25) is 0 Å². The smallest absolute Gasteiger partial charge is 0.130 e. The Balaban J connectivity index is 2.61. The fourth-order valence-electron chi connectivity index (χ4n) is 1.43. The number of aliphatic hydroxyl groups excluding tert-OH is 1. The fraction of sp³-hybridized carbons (Fsp3) is 0.545. The Hall–Kier alpha value is -1.33. The van der Waals surface area contributed by atoms with Crippen LogP contribution in [0.15, 0.2) is 18.2 Å². The Labute approximate surface area is 96.1 Å². The molecule has 2 N–H and O–H groups in total. The minimum absolute atomic E-state index is 0.329. The van der Waals surface area contributed by atoms with E-state index in [2.05, 4.69) is 10.3 Å². The van der Waals surface area contributed by atoms with Crippen LogP contribution in [0.4, 0.5) is 11.6 Å². The number of pyridine rings is 1. The average Bonchev–Trinajstić information content (AvgIpc) is 2.29. The molecule has 0 saturated heterocycles. The maximum atomic E-state index is 9.60. The molecule has 90 valence electrons. The second-order valence-electron chi connectivity index (χ2n) is 3.62. The first-order chi connectivity index (χ1) is 7.67. The van der Waals surface area contributed by atoms with Crippen molar-refractivity contribution >= 4 is 11.6 Å². The first-order valence-corrected chi connectivity index (χ1v) is 5.20. The first kappa shape index (κ1) is 12.7. The molecular formula is C11H19N3O2. The summed E-state index contributed by atoms with van der Waals surface area (Å²) in [5, 5.41) is 12.6. The van der Waals surface area contributed by atoms with Crippen LogP contribution in [0.3, 0.4) is 0 Å². The van der Waals surface area contributed by atoms with Crippen LogP contribution in [0.25, 0.3) is 0 Å². The van der Waals surface area contributed by atoms with Crippen LogP contribution in [0.2, 0.25) is 0 Å². The van der Waals surface area contributed by atoms with E-state index in [1.807, 2.05) is 37.2 Å². The zero-order valence-corrected chi connectivity index (χ0v) is 9.97. The van der Waals surface area contributed by atoms with Gasteiger partial charge < -0.3 is 20.1 Å². The quantitative estimate of drug-likeness (QED) is 0.741. The molecule has 0 fully saturated rings. The monoisotopic (exact) mass is 225 g/mol. The number of hydrogen-bond donors (Lipinski definition) is 2. The molecule has 0 amide bonds. The van der Waals surface area contributed by atoms with E-state index in [1.54, 1.807) is 7.11 Å². The third kappa shape index (κ3) is 3.67. The van der Waals surface area contributed by atoms with Crippen molar-refractivity contribution in [1.82, 2.24) is 4.98 Å². The molecule has 1 aromatic heterocycles. The van der Waals surface area contributed by atoms with E-state index in [1.165, 1.54) is 0 Å². The molecule has 0 radical (unpaired) electrons. The minimum atomic E-state index is -0.505. The maximum absolute atomic E-state index is 9.60. The first-order valence-electron chi connectivity index (χ1n) is 5.20. The molecule has 1 aromatic rings. The summed E-state index contributed by atoms with van der Waals surface area (Å²) < 4.78 is 4.88. The van der Waals surface area contributed by atoms with Crippen molar-refractivity contribution in [3.8, 4) is 0 Å². The topological polar surface area (TPSA) is 57.6 Å². The van der Waals surface area contributed by atoms with Crippen LogP contribution in [-0.4, -0.2) is 50.6 Å². The van der Waals surface area contributed by atoms with Crippen molar-refractivity contribution in [2.75, 3.05) is 44.6 Å². The van der Waals surface area contributed by atoms with Crippen molar-refractivity contribution in [2.45, 2.75) is 6.10 Å². The van der Waals surface area contributed by atoms with Gasteiger partial charge in [0.25, 0.3) is 0 Å². The summed E-state index contributed by atoms with van der Waals surface area (Å²) in [5.41, 5.74) is 0. The number of aromatic nitrogens is 1. The number of anilines is 2. The Morgan fingerprint density at radius 3 is 2.94 bits per heavy atom. The fourth-order valence-corrected chi connectivity index (χ4v) is 1.43. The van der Waals surface area contributed by atoms with Crippen LogP contribution in [0.5, 0.6) is 0 Å². The van der Waals surface area contributed by atoms with E-state index in [-0.39, 0.29) is 0 Å². The Bertz CT molecular complexity index is 320. The van der Waals surface area contributed by atoms with Gasteiger partial charge in [-0.25, -0.2) is 4.98 Å². The summed E-state index contributed by atoms with van der Waals surface area (Å²) >= 11 is 0. The molecule has 0 bridgehead atoms. The largest absolute Gasteiger partial charge is 0.389 e. The van der Waals surface area contributed by atoms with Crippen LogP contribution >= 0.6 is 0 Å². The van der Waals surface area contributed by atoms with Gasteiger partial charge in [-0.05, 0) is 12.1 Å². The number of aliphatic hydroxyl groups is 1. The third-order valence-electron chi connectivity index (χ3n) is 2.23. The summed E-state index contributed by atoms with van der Waals surface area (Å²) in [4.78, 5) is 6.26. The standard InChI is InChI=1S/C11H19N3O2/c1-12-10-5-4-6-11(13-10)14(2)7-9(15)8-16-3/h4-6,9,15H,7-8H2,1-3H3,(H,12,13). The maximum Gasteiger partial charge on any atom is 0.130 e. The molecular weight excluding hydrogens is 206 g/mol. The summed E-state index contributed by atoms with van der Waals surface area (Å²) in [6, 6.07) is 5.72. The molecule has 1 heterocycles. The zero-order valence-electron chi connectivity index (χ0n) is 9.97. The lowest BCUT2D eigenvalue weighted by Crippen LogP contribution is -2.32. The highest BCUT2D eigenvalue weighted by Crippen LogP contribution is 2.12. The molecule has 16 heavy (non-hydrogen) atoms. The van der Waals surface area contributed by atoms with Gasteiger partial charge in [0.2, 0.25) is 0 Å². The van der Waals surface area contributed by atoms with Gasteiger partial charge in [-0.15, -0.1) is 0 Å². The number of ether oxygens (including phenoxy) is 1. The highest BCUT2D eigenvalue weighted by Gasteiger charge is 2.09. The Kier molecular flexibility index (Phi) is 5.01. The predicted molar refractivity (Wildman–Crippen MR) is 64.9 cm³/mol. The van der Waals surface area contributed by atoms with Gasteiger partial charge in [0.05, 0.1) is 12.7 Å². The van der Waals surface area contributed by atoms with Crippen LogP contribution in [-0.2, 0) is 4.74 Å². The van der Waals surface area contributed by atoms with Crippen molar-refractivity contribution in [3.05, 3.63) is 18.2 Å². The van der Waals surface area contributed by atoms with Gasteiger partial charge in [0.1, 0.15) is 11.6 Å². The number of hydrogen-bond acceptors (Lipinski definition) is 5. The molecule has 0 aliphatic rings. The van der Waals surface area contributed by atoms with Crippen molar-refractivity contribution in [3.63, 3.8) is 0 Å². The molecule has 5 heteroatoms. The summed E-state index contributed by atoms with van der Waals surface area (Å²) in [6.45, 7) is 0.823. The SMILES string of the molecule is CNc1cccc(N(C)CC(O)COC)n1. The average molecular weight is 225 g/mol. The van der Waals surface area contributed by atoms with Gasteiger partial charge in [-0.1, -0.05) is 6.07 Å². The van der Waals surface area contributed by atoms with Crippen molar-refractivity contribution in [1.29, 1.82) is 0 Å². The Morgan fingerprint density at radius 2 is 2.31 bits per heavy atom. The lowest BCUT2D eigenvalue weighted by Gasteiger charge is -2.21. The second-order valence-corrected chi connectivity index (χ2v) is 3.62. The predicted octanol–water partition coefficient (Wildman–Crippen LogP) is 0.567. The van der Waals surface area contributed by atoms with E-state index in [0.29, 0.717) is 13.2 Å². The number of nitrogens with one attached hydrogen (secondary N) is 1. The number of methoxy groups -OCH3 is 1. The van der Waals surface area contributed by atoms with Gasteiger partial charge >= 0.3 is 0 Å². The summed E-state index contributed by atoms with van der Waals surface area (Å²) in [6.07, 6.45) is -0.505. The number of likely N-dealkylation sites (N-methyl/N-ethyl adjacent to an activating group) is 1. The number of rotatable bonds is 6. The van der Waals surface area contributed by atoms with Crippen molar-refractivity contribution in [2.24, 2.45) is 0 Å². The van der Waals surface area contributed by atoms with Crippen LogP contribution in [0.1, 0.15) is 0 Å². The molecule has 0 aliphatic carbocycles. The lowest BCUT2D eigenvalue weighted by molar-refractivity contribution is 0.0694. The number of nitrogens with zero attached hydrogens (tertiary/aromatic N) is 2. The van der Waals surface area contributed by atoms with E-state index in [0.717, 1.165) is 11.6 Å². The minimum Gasteiger partial charge on any atom is -0.389 e. The van der Waals surface area contributed by atoms with Gasteiger partial charge in [0, 0.05) is 27.7 Å². The molecule has 5 nitrogen and oxygen atoms in total. The van der Waals surface area contributed by atoms with Gasteiger partial charge in [-0.2, -0.15) is 0 Å². The molecule has 0 saturated carbocycles. The molecule has 0 aliphatic heterocycles. The second kappa shape index (κ2) is 6.30. The van der Waals surface area contributed by atoms with Crippen LogP contribution < -0.4 is 10.2 Å². The lowest BCUT2D eigenvalue weighted by atomic mass is 10.3. The van der Waals surface area contributed by atoms with E-state index in [9.17, 15) is 5.11 Å². The molecule has 1 rings (SSSR count). The van der Waals surface area contributed by atoms with E-state index >= 15 is 0 Å². The summed E-state index contributed by atoms with van der Waals surface area (Å²) in [7, 11) is 5.29. The normalized spacial score (nSPS) is 12.2. The van der Waals surface area contributed by atoms with Gasteiger partial charge in [0.15, 0.2) is 0 Å². The highest BCUT2D eigenvalue weighted by atomic mass is 16.5.